The molecule has 0 aliphatic carbocycles. The zero-order valence-electron chi connectivity index (χ0n) is 18.6. The zero-order chi connectivity index (χ0) is 23.8. The van der Waals surface area contributed by atoms with E-state index in [4.69, 9.17) is 4.74 Å². The molecule has 3 rings (SSSR count). The minimum atomic E-state index is -3.65. The van der Waals surface area contributed by atoms with Crippen molar-refractivity contribution in [1.82, 2.24) is 5.32 Å². The van der Waals surface area contributed by atoms with Gasteiger partial charge in [0.25, 0.3) is 0 Å². The summed E-state index contributed by atoms with van der Waals surface area (Å²) < 4.78 is 30.1. The molecule has 1 aliphatic heterocycles. The molecule has 0 saturated heterocycles. The Labute approximate surface area is 193 Å². The summed E-state index contributed by atoms with van der Waals surface area (Å²) in [6.45, 7) is 3.47. The number of benzene rings is 2. The van der Waals surface area contributed by atoms with Crippen LogP contribution in [0.5, 0.6) is 0 Å². The maximum Gasteiger partial charge on any atom is 0.343 e. The average Bonchev–Trinajstić information content (AvgIpc) is 2.89. The van der Waals surface area contributed by atoms with E-state index in [1.165, 1.54) is 0 Å². The fourth-order valence-corrected chi connectivity index (χ4v) is 4.62. The number of fused-ring (bicyclic) bond motifs is 1. The Morgan fingerprint density at radius 3 is 2.48 bits per heavy atom. The number of allylic oxidation sites excluding steroid dienone is 1. The van der Waals surface area contributed by atoms with E-state index in [0.29, 0.717) is 29.9 Å². The maximum atomic E-state index is 12.7. The molecule has 2 aromatic rings. The van der Waals surface area contributed by atoms with Crippen molar-refractivity contribution in [2.75, 3.05) is 23.4 Å². The van der Waals surface area contributed by atoms with E-state index in [2.05, 4.69) is 15.6 Å². The molecule has 0 aromatic heterocycles. The minimum absolute atomic E-state index is 0.0443. The molecule has 1 aliphatic rings. The van der Waals surface area contributed by atoms with Crippen LogP contribution < -0.4 is 10.6 Å². The van der Waals surface area contributed by atoms with Crippen LogP contribution in [0.4, 0.5) is 11.4 Å². The number of hydrogen-bond donors (Lipinski definition) is 2. The van der Waals surface area contributed by atoms with E-state index in [9.17, 15) is 18.0 Å². The summed E-state index contributed by atoms with van der Waals surface area (Å²) in [6, 6.07) is 16.6. The van der Waals surface area contributed by atoms with Gasteiger partial charge in [0, 0.05) is 5.70 Å². The van der Waals surface area contributed by atoms with Crippen LogP contribution in [0.15, 0.2) is 70.9 Å². The Morgan fingerprint density at radius 1 is 1.06 bits per heavy atom. The fraction of sp³-hybridized carbons (Fsp3) is 0.292. The lowest BCUT2D eigenvalue weighted by atomic mass is 10.1. The lowest BCUT2D eigenvalue weighted by Gasteiger charge is -2.13. The number of rotatable bonds is 8. The molecule has 0 saturated carbocycles. The van der Waals surface area contributed by atoms with Crippen molar-refractivity contribution in [1.29, 1.82) is 0 Å². The average molecular weight is 470 g/mol. The second-order valence-corrected chi connectivity index (χ2v) is 9.74. The van der Waals surface area contributed by atoms with Crippen molar-refractivity contribution >= 4 is 38.9 Å². The molecule has 174 valence electrons. The van der Waals surface area contributed by atoms with Gasteiger partial charge in [0.05, 0.1) is 23.7 Å². The van der Waals surface area contributed by atoms with Crippen molar-refractivity contribution in [2.45, 2.75) is 26.7 Å². The van der Waals surface area contributed by atoms with Gasteiger partial charge in [-0.15, -0.1) is 0 Å². The van der Waals surface area contributed by atoms with Crippen LogP contribution in [0.25, 0.3) is 0 Å². The topological polar surface area (TPSA) is 114 Å². The Bertz CT molecular complexity index is 1190. The van der Waals surface area contributed by atoms with Crippen LogP contribution in [0.1, 0.15) is 25.8 Å². The highest BCUT2D eigenvalue weighted by Gasteiger charge is 2.27. The third-order valence-electron chi connectivity index (χ3n) is 4.92. The Hall–Kier alpha value is -3.46. The molecule has 0 spiro atoms. The van der Waals surface area contributed by atoms with Gasteiger partial charge < -0.3 is 15.4 Å². The predicted molar refractivity (Wildman–Crippen MR) is 128 cm³/mol. The molecule has 1 amide bonds. The normalized spacial score (nSPS) is 13.3. The number of para-hydroxylation sites is 2. The molecule has 2 N–H and O–H groups in total. The number of hydrogen-bond acceptors (Lipinski definition) is 7. The Balaban J connectivity index is 1.74. The summed E-state index contributed by atoms with van der Waals surface area (Å²) in [5.74, 6) is -2.30. The second-order valence-electron chi connectivity index (χ2n) is 7.55. The van der Waals surface area contributed by atoms with Gasteiger partial charge in [-0.05, 0) is 44.4 Å². The molecule has 0 radical (unpaired) electrons. The van der Waals surface area contributed by atoms with E-state index in [1.807, 2.05) is 36.4 Å². The van der Waals surface area contributed by atoms with Crippen LogP contribution in [-0.2, 0) is 30.6 Å². The molecular weight excluding hydrogens is 442 g/mol. The first-order valence-corrected chi connectivity index (χ1v) is 12.5. The Morgan fingerprint density at radius 2 is 1.76 bits per heavy atom. The van der Waals surface area contributed by atoms with Crippen molar-refractivity contribution in [3.8, 4) is 0 Å². The highest BCUT2D eigenvalue weighted by atomic mass is 32.2. The van der Waals surface area contributed by atoms with Gasteiger partial charge >= 0.3 is 5.97 Å². The molecular formula is C24H27N3O5S. The number of sulfone groups is 1. The van der Waals surface area contributed by atoms with Crippen molar-refractivity contribution < 1.29 is 22.7 Å². The smallest absolute Gasteiger partial charge is 0.343 e. The number of amides is 1. The molecule has 8 nitrogen and oxygen atoms in total. The number of aliphatic imine (C=N–C) groups is 1. The van der Waals surface area contributed by atoms with Crippen LogP contribution in [0, 0.1) is 0 Å². The number of nitrogens with zero attached hydrogens (tertiary/aromatic N) is 1. The maximum absolute atomic E-state index is 12.7. The summed E-state index contributed by atoms with van der Waals surface area (Å²) in [7, 11) is -3.65. The zero-order valence-corrected chi connectivity index (χ0v) is 19.4. The van der Waals surface area contributed by atoms with E-state index >= 15 is 0 Å². The van der Waals surface area contributed by atoms with Gasteiger partial charge in [0.15, 0.2) is 9.84 Å². The third-order valence-corrected chi connectivity index (χ3v) is 6.53. The predicted octanol–water partition coefficient (Wildman–Crippen LogP) is 3.14. The lowest BCUT2D eigenvalue weighted by molar-refractivity contribution is -0.137. The van der Waals surface area contributed by atoms with Crippen LogP contribution in [0.3, 0.4) is 0 Å². The van der Waals surface area contributed by atoms with Crippen LogP contribution in [0.2, 0.25) is 0 Å². The van der Waals surface area contributed by atoms with Crippen LogP contribution in [-0.4, -0.2) is 44.2 Å². The number of nitrogens with one attached hydrogen (secondary N) is 2. The number of aryl methyl sites for hydroxylation is 1. The highest BCUT2D eigenvalue weighted by molar-refractivity contribution is 7.92. The van der Waals surface area contributed by atoms with Gasteiger partial charge in [0.2, 0.25) is 5.91 Å². The van der Waals surface area contributed by atoms with Crippen LogP contribution >= 0.6 is 0 Å². The minimum Gasteiger partial charge on any atom is -0.462 e. The molecule has 33 heavy (non-hydrogen) atoms. The standard InChI is InChI=1S/C24H27N3O5S/c1-3-32-24(29)22-17(2)25-19-13-7-8-14-20(19)26-23(22)27-21(28)16-33(30,31)15-9-12-18-10-5-4-6-11-18/h4-8,10-11,13-14,25H,3,9,12,15-16H2,1-2H3,(H,26,27,28). The van der Waals surface area contributed by atoms with Crippen molar-refractivity contribution in [3.63, 3.8) is 0 Å². The quantitative estimate of drug-likeness (QED) is 0.574. The molecule has 0 atom stereocenters. The first kappa shape index (κ1) is 24.2. The van der Waals surface area contributed by atoms with Gasteiger partial charge in [-0.3, -0.25) is 4.79 Å². The summed E-state index contributed by atoms with van der Waals surface area (Å²) in [5.41, 5.74) is 2.66. The number of carbonyl (C=O) groups excluding carboxylic acids is 2. The first-order chi connectivity index (χ1) is 15.8. The number of ether oxygens (including phenoxy) is 1. The largest absolute Gasteiger partial charge is 0.462 e. The summed E-state index contributed by atoms with van der Waals surface area (Å²) in [5, 5.41) is 5.62. The lowest BCUT2D eigenvalue weighted by Crippen LogP contribution is -2.39. The second kappa shape index (κ2) is 10.9. The van der Waals surface area contributed by atoms with Crippen molar-refractivity contribution in [3.05, 3.63) is 71.4 Å². The summed E-state index contributed by atoms with van der Waals surface area (Å²) in [6.07, 6.45) is 1.01. The molecule has 0 unspecified atom stereocenters. The molecule has 9 heteroatoms. The van der Waals surface area contributed by atoms with Gasteiger partial charge in [-0.1, -0.05) is 42.5 Å². The van der Waals surface area contributed by atoms with E-state index in [-0.39, 0.29) is 23.8 Å². The number of carbonyl (C=O) groups is 2. The third kappa shape index (κ3) is 6.76. The van der Waals surface area contributed by atoms with Crippen molar-refractivity contribution in [2.24, 2.45) is 4.99 Å². The fourth-order valence-electron chi connectivity index (χ4n) is 3.42. The molecule has 0 bridgehead atoms. The highest BCUT2D eigenvalue weighted by Crippen LogP contribution is 2.30. The SMILES string of the molecule is CCOC(=O)C1=C(C)Nc2ccccc2N=C1NC(=O)CS(=O)(=O)CCCc1ccccc1. The van der Waals surface area contributed by atoms with Gasteiger partial charge in [-0.2, -0.15) is 0 Å². The number of esters is 1. The first-order valence-electron chi connectivity index (χ1n) is 10.7. The molecule has 0 fully saturated rings. The number of anilines is 1. The number of amidine groups is 1. The molecule has 1 heterocycles. The monoisotopic (exact) mass is 469 g/mol. The van der Waals surface area contributed by atoms with Gasteiger partial charge in [-0.25, -0.2) is 18.2 Å². The van der Waals surface area contributed by atoms with E-state index < -0.39 is 27.5 Å². The van der Waals surface area contributed by atoms with E-state index in [1.54, 1.807) is 32.0 Å². The Kier molecular flexibility index (Phi) is 8.00. The van der Waals surface area contributed by atoms with Gasteiger partial charge in [0.1, 0.15) is 17.2 Å². The summed E-state index contributed by atoms with van der Waals surface area (Å²) in [4.78, 5) is 29.7. The molecule has 2 aromatic carbocycles. The summed E-state index contributed by atoms with van der Waals surface area (Å²) >= 11 is 0. The van der Waals surface area contributed by atoms with E-state index in [0.717, 1.165) is 5.56 Å².